The minimum Gasteiger partial charge on any atom is -0.453 e. The van der Waals surface area contributed by atoms with E-state index in [0.717, 1.165) is 6.54 Å². The van der Waals surface area contributed by atoms with Gasteiger partial charge in [-0.25, -0.2) is 4.79 Å². The van der Waals surface area contributed by atoms with Crippen molar-refractivity contribution in [2.75, 3.05) is 20.2 Å². The number of piperidine rings is 1. The summed E-state index contributed by atoms with van der Waals surface area (Å²) < 4.78 is 4.61. The molecule has 1 saturated heterocycles. The van der Waals surface area contributed by atoms with E-state index in [4.69, 9.17) is 0 Å². The van der Waals surface area contributed by atoms with Crippen LogP contribution in [0.5, 0.6) is 0 Å². The van der Waals surface area contributed by atoms with Crippen LogP contribution < -0.4 is 5.32 Å². The van der Waals surface area contributed by atoms with Crippen LogP contribution in [-0.2, 0) is 4.74 Å². The van der Waals surface area contributed by atoms with Gasteiger partial charge in [-0.3, -0.25) is 4.90 Å². The van der Waals surface area contributed by atoms with Crippen molar-refractivity contribution >= 4 is 6.09 Å². The Morgan fingerprint density at radius 3 is 2.59 bits per heavy atom. The van der Waals surface area contributed by atoms with Crippen molar-refractivity contribution in [3.63, 3.8) is 0 Å². The molecule has 22 heavy (non-hydrogen) atoms. The lowest BCUT2D eigenvalue weighted by Gasteiger charge is -2.42. The first kappa shape index (κ1) is 16.8. The molecule has 1 aromatic rings. The van der Waals surface area contributed by atoms with Gasteiger partial charge in [-0.2, -0.15) is 0 Å². The molecule has 1 unspecified atom stereocenters. The predicted octanol–water partition coefficient (Wildman–Crippen LogP) is 2.17. The number of alkyl carbamates (subject to hydrolysis) is 1. The first-order valence-electron chi connectivity index (χ1n) is 7.84. The second-order valence-electron chi connectivity index (χ2n) is 6.19. The van der Waals surface area contributed by atoms with Crippen molar-refractivity contribution in [1.82, 2.24) is 10.2 Å². The van der Waals surface area contributed by atoms with Gasteiger partial charge in [0.15, 0.2) is 0 Å². The predicted molar refractivity (Wildman–Crippen MR) is 85.5 cm³/mol. The molecule has 1 aliphatic heterocycles. The summed E-state index contributed by atoms with van der Waals surface area (Å²) in [5.41, 5.74) is 1.27. The van der Waals surface area contributed by atoms with E-state index in [1.807, 2.05) is 18.2 Å². The quantitative estimate of drug-likeness (QED) is 0.895. The third-order valence-electron chi connectivity index (χ3n) is 4.27. The Labute approximate surface area is 132 Å². The second-order valence-corrected chi connectivity index (χ2v) is 6.19. The topological polar surface area (TPSA) is 61.8 Å². The Balaban J connectivity index is 2.05. The summed E-state index contributed by atoms with van der Waals surface area (Å²) in [6.45, 7) is 5.78. The molecule has 1 aliphatic rings. The Morgan fingerprint density at radius 2 is 2.05 bits per heavy atom. The van der Waals surface area contributed by atoms with Crippen LogP contribution in [0.2, 0.25) is 0 Å². The van der Waals surface area contributed by atoms with E-state index in [1.165, 1.54) is 12.7 Å². The molecular weight excluding hydrogens is 280 g/mol. The number of rotatable bonds is 4. The number of hydrogen-bond donors (Lipinski definition) is 2. The van der Waals surface area contributed by atoms with Crippen LogP contribution in [0.15, 0.2) is 30.3 Å². The van der Waals surface area contributed by atoms with E-state index in [9.17, 15) is 9.90 Å². The number of nitrogens with zero attached hydrogens (tertiary/aromatic N) is 1. The third-order valence-corrected chi connectivity index (χ3v) is 4.27. The van der Waals surface area contributed by atoms with Gasteiger partial charge in [0.25, 0.3) is 0 Å². The van der Waals surface area contributed by atoms with E-state index in [-0.39, 0.29) is 12.1 Å². The van der Waals surface area contributed by atoms with Gasteiger partial charge < -0.3 is 15.2 Å². The van der Waals surface area contributed by atoms with E-state index in [1.54, 1.807) is 0 Å². The number of ether oxygens (including phenoxy) is 1. The summed E-state index contributed by atoms with van der Waals surface area (Å²) in [5.74, 6) is 0.444. The lowest BCUT2D eigenvalue weighted by atomic mass is 9.91. The molecule has 0 bridgehead atoms. The maximum absolute atomic E-state index is 11.3. The summed E-state index contributed by atoms with van der Waals surface area (Å²) in [5, 5.41) is 13.1. The smallest absolute Gasteiger partial charge is 0.407 e. The van der Waals surface area contributed by atoms with Gasteiger partial charge in [-0.1, -0.05) is 44.2 Å². The molecule has 5 heteroatoms. The molecule has 3 atom stereocenters. The van der Waals surface area contributed by atoms with Gasteiger partial charge in [0, 0.05) is 19.1 Å². The molecule has 0 radical (unpaired) electrons. The number of amides is 1. The van der Waals surface area contributed by atoms with Gasteiger partial charge >= 0.3 is 6.09 Å². The summed E-state index contributed by atoms with van der Waals surface area (Å²) in [7, 11) is 1.33. The molecule has 1 aromatic carbocycles. The maximum atomic E-state index is 11.3. The second kappa shape index (κ2) is 7.61. The highest BCUT2D eigenvalue weighted by molar-refractivity contribution is 5.67. The number of benzene rings is 1. The number of likely N-dealkylation sites (tertiary alicyclic amines) is 1. The third kappa shape index (κ3) is 3.99. The van der Waals surface area contributed by atoms with Crippen LogP contribution in [0.25, 0.3) is 0 Å². The van der Waals surface area contributed by atoms with Crippen LogP contribution in [-0.4, -0.2) is 48.4 Å². The monoisotopic (exact) mass is 306 g/mol. The molecule has 0 aromatic heterocycles. The maximum Gasteiger partial charge on any atom is 0.407 e. The number of methoxy groups -OCH3 is 1. The van der Waals surface area contributed by atoms with E-state index < -0.39 is 12.2 Å². The Kier molecular flexibility index (Phi) is 5.80. The largest absolute Gasteiger partial charge is 0.453 e. The number of hydrogen-bond acceptors (Lipinski definition) is 4. The van der Waals surface area contributed by atoms with Crippen molar-refractivity contribution in [3.05, 3.63) is 35.9 Å². The van der Waals surface area contributed by atoms with Crippen molar-refractivity contribution in [2.24, 2.45) is 5.92 Å². The summed E-state index contributed by atoms with van der Waals surface area (Å²) >= 11 is 0. The summed E-state index contributed by atoms with van der Waals surface area (Å²) in [6.07, 6.45) is -0.356. The SMILES string of the molecule is COC(=O)N[C@@H]1CCN(C(c2ccccc2)C(C)C)C[C@H]1O. The van der Waals surface area contributed by atoms with Gasteiger partial charge in [0.05, 0.1) is 19.3 Å². The number of aliphatic hydroxyl groups excluding tert-OH is 1. The highest BCUT2D eigenvalue weighted by atomic mass is 16.5. The molecule has 0 saturated carbocycles. The molecule has 122 valence electrons. The average molecular weight is 306 g/mol. The van der Waals surface area contributed by atoms with Gasteiger partial charge in [-0.05, 0) is 17.9 Å². The lowest BCUT2D eigenvalue weighted by Crippen LogP contribution is -2.55. The van der Waals surface area contributed by atoms with E-state index in [0.29, 0.717) is 18.9 Å². The number of aliphatic hydroxyl groups is 1. The van der Waals surface area contributed by atoms with Crippen molar-refractivity contribution in [2.45, 2.75) is 38.5 Å². The molecule has 1 fully saturated rings. The van der Waals surface area contributed by atoms with Gasteiger partial charge in [0.2, 0.25) is 0 Å². The van der Waals surface area contributed by atoms with Crippen LogP contribution in [0.4, 0.5) is 4.79 Å². The molecule has 1 heterocycles. The van der Waals surface area contributed by atoms with Gasteiger partial charge in [-0.15, -0.1) is 0 Å². The van der Waals surface area contributed by atoms with Crippen LogP contribution >= 0.6 is 0 Å². The lowest BCUT2D eigenvalue weighted by molar-refractivity contribution is 0.00988. The fourth-order valence-electron chi connectivity index (χ4n) is 3.25. The summed E-state index contributed by atoms with van der Waals surface area (Å²) in [4.78, 5) is 13.6. The zero-order valence-corrected chi connectivity index (χ0v) is 13.5. The van der Waals surface area contributed by atoms with Crippen LogP contribution in [0.3, 0.4) is 0 Å². The minimum atomic E-state index is -0.585. The fourth-order valence-corrected chi connectivity index (χ4v) is 3.25. The fraction of sp³-hybridized carbons (Fsp3) is 0.588. The van der Waals surface area contributed by atoms with E-state index >= 15 is 0 Å². The standard InChI is InChI=1S/C17H26N2O3/c1-12(2)16(13-7-5-4-6-8-13)19-10-9-14(15(20)11-19)18-17(21)22-3/h4-8,12,14-16,20H,9-11H2,1-3H3,(H,18,21)/t14-,15-,16?/m1/s1. The molecule has 5 nitrogen and oxygen atoms in total. The van der Waals surface area contributed by atoms with Crippen molar-refractivity contribution in [1.29, 1.82) is 0 Å². The van der Waals surface area contributed by atoms with Crippen LogP contribution in [0.1, 0.15) is 31.9 Å². The molecule has 0 aliphatic carbocycles. The number of nitrogens with one attached hydrogen (secondary N) is 1. The number of β-amino-alcohol motifs (C(OH)–C–C–N with tert-alkyl or cyclic N) is 1. The highest BCUT2D eigenvalue weighted by Crippen LogP contribution is 2.31. The van der Waals surface area contributed by atoms with Crippen molar-refractivity contribution in [3.8, 4) is 0 Å². The summed E-state index contributed by atoms with van der Waals surface area (Å²) in [6, 6.07) is 10.4. The number of carbonyl (C=O) groups excluding carboxylic acids is 1. The molecular formula is C17H26N2O3. The molecule has 2 N–H and O–H groups in total. The normalized spacial score (nSPS) is 24.0. The Morgan fingerprint density at radius 1 is 1.36 bits per heavy atom. The Bertz CT molecular complexity index is 478. The highest BCUT2D eigenvalue weighted by Gasteiger charge is 2.34. The molecule has 0 spiro atoms. The molecule has 1 amide bonds. The molecule has 2 rings (SSSR count). The first-order chi connectivity index (χ1) is 10.5. The van der Waals surface area contributed by atoms with Crippen LogP contribution in [0, 0.1) is 5.92 Å². The van der Waals surface area contributed by atoms with Gasteiger partial charge in [0.1, 0.15) is 0 Å². The zero-order valence-electron chi connectivity index (χ0n) is 13.5. The minimum absolute atomic E-state index is 0.243. The zero-order chi connectivity index (χ0) is 16.1. The average Bonchev–Trinajstić information content (AvgIpc) is 2.50. The van der Waals surface area contributed by atoms with Crippen molar-refractivity contribution < 1.29 is 14.6 Å². The number of carbonyl (C=O) groups is 1. The first-order valence-corrected chi connectivity index (χ1v) is 7.84. The van der Waals surface area contributed by atoms with E-state index in [2.05, 4.69) is 40.9 Å². The Hall–Kier alpha value is -1.59.